The molecule has 11 heavy (non-hydrogen) atoms. The minimum Gasteiger partial charge on any atom is -0.198 e. The van der Waals surface area contributed by atoms with E-state index in [0.717, 1.165) is 5.92 Å². The summed E-state index contributed by atoms with van der Waals surface area (Å²) in [6.07, 6.45) is 9.81. The van der Waals surface area contributed by atoms with Crippen molar-refractivity contribution >= 4 is 0 Å². The minimum absolute atomic E-state index is 0.590. The molecule has 2 atom stereocenters. The Hall–Kier alpha value is -1.03. The zero-order chi connectivity index (χ0) is 7.68. The van der Waals surface area contributed by atoms with Crippen molar-refractivity contribution in [2.45, 2.75) is 19.3 Å². The van der Waals surface area contributed by atoms with E-state index >= 15 is 0 Å². The molecular weight excluding hydrogens is 134 g/mol. The maximum atomic E-state index is 8.38. The third-order valence-corrected chi connectivity index (χ3v) is 2.60. The first-order chi connectivity index (χ1) is 5.40. The van der Waals surface area contributed by atoms with Crippen LogP contribution in [0.2, 0.25) is 0 Å². The lowest BCUT2D eigenvalue weighted by Gasteiger charge is -2.05. The molecule has 56 valence electrons. The number of hydrogen-bond acceptors (Lipinski definition) is 1. The van der Waals surface area contributed by atoms with Crippen LogP contribution in [0.25, 0.3) is 0 Å². The molecule has 2 aliphatic carbocycles. The molecule has 0 aliphatic heterocycles. The second-order valence-electron chi connectivity index (χ2n) is 3.33. The van der Waals surface area contributed by atoms with Gasteiger partial charge in [-0.25, -0.2) is 0 Å². The van der Waals surface area contributed by atoms with Gasteiger partial charge in [-0.3, -0.25) is 0 Å². The molecular formula is C10H11N. The highest BCUT2D eigenvalue weighted by Crippen LogP contribution is 2.42. The molecule has 2 bridgehead atoms. The van der Waals surface area contributed by atoms with Gasteiger partial charge in [-0.05, 0) is 24.7 Å². The number of nitrogens with zero attached hydrogens (tertiary/aromatic N) is 1. The van der Waals surface area contributed by atoms with Crippen LogP contribution in [0.1, 0.15) is 19.3 Å². The van der Waals surface area contributed by atoms with Crippen LogP contribution < -0.4 is 0 Å². The van der Waals surface area contributed by atoms with Gasteiger partial charge in [-0.1, -0.05) is 23.8 Å². The molecule has 1 saturated carbocycles. The van der Waals surface area contributed by atoms with Crippen LogP contribution >= 0.6 is 0 Å². The number of nitriles is 1. The van der Waals surface area contributed by atoms with Crippen LogP contribution in [0.15, 0.2) is 23.8 Å². The highest BCUT2D eigenvalue weighted by Gasteiger charge is 2.29. The first-order valence-corrected chi connectivity index (χ1v) is 4.14. The van der Waals surface area contributed by atoms with E-state index in [0.29, 0.717) is 12.3 Å². The Balaban J connectivity index is 2.09. The summed E-state index contributed by atoms with van der Waals surface area (Å²) in [5.41, 5.74) is 1.50. The van der Waals surface area contributed by atoms with Crippen LogP contribution in [0, 0.1) is 23.2 Å². The van der Waals surface area contributed by atoms with Gasteiger partial charge in [-0.15, -0.1) is 0 Å². The van der Waals surface area contributed by atoms with E-state index in [1.807, 2.05) is 0 Å². The van der Waals surface area contributed by atoms with Gasteiger partial charge in [0.2, 0.25) is 0 Å². The molecule has 1 fully saturated rings. The molecule has 0 aromatic carbocycles. The predicted molar refractivity (Wildman–Crippen MR) is 43.7 cm³/mol. The zero-order valence-electron chi connectivity index (χ0n) is 6.46. The van der Waals surface area contributed by atoms with E-state index in [9.17, 15) is 0 Å². The fraction of sp³-hybridized carbons (Fsp3) is 0.500. The normalized spacial score (nSPS) is 36.5. The second-order valence-corrected chi connectivity index (χ2v) is 3.33. The maximum absolute atomic E-state index is 8.38. The van der Waals surface area contributed by atoms with Gasteiger partial charge in [0.05, 0.1) is 12.5 Å². The van der Waals surface area contributed by atoms with Gasteiger partial charge in [0, 0.05) is 0 Å². The van der Waals surface area contributed by atoms with Crippen molar-refractivity contribution in [2.24, 2.45) is 11.8 Å². The Morgan fingerprint density at radius 2 is 2.55 bits per heavy atom. The predicted octanol–water partition coefficient (Wildman–Crippen LogP) is 2.42. The lowest BCUT2D eigenvalue weighted by Crippen LogP contribution is -1.91. The van der Waals surface area contributed by atoms with Crippen molar-refractivity contribution in [1.82, 2.24) is 0 Å². The van der Waals surface area contributed by atoms with Crippen molar-refractivity contribution in [2.75, 3.05) is 0 Å². The average Bonchev–Trinajstić information content (AvgIpc) is 2.60. The molecule has 0 amide bonds. The standard InChI is InChI=1S/C10H11N/c11-5-1-2-9-6-8-3-4-10(9)7-8/h2-4,8,10H,1,6-7H2/b9-2-. The van der Waals surface area contributed by atoms with Gasteiger partial charge in [0.1, 0.15) is 0 Å². The Morgan fingerprint density at radius 1 is 1.64 bits per heavy atom. The fourth-order valence-corrected chi connectivity index (χ4v) is 2.07. The number of fused-ring (bicyclic) bond motifs is 2. The summed E-state index contributed by atoms with van der Waals surface area (Å²) in [5, 5.41) is 8.38. The molecule has 1 heteroatoms. The van der Waals surface area contributed by atoms with E-state index in [1.54, 1.807) is 0 Å². The molecule has 1 nitrogen and oxygen atoms in total. The summed E-state index contributed by atoms with van der Waals surface area (Å²) in [6, 6.07) is 2.15. The second kappa shape index (κ2) is 2.54. The van der Waals surface area contributed by atoms with Crippen molar-refractivity contribution < 1.29 is 0 Å². The first-order valence-electron chi connectivity index (χ1n) is 4.14. The average molecular weight is 145 g/mol. The van der Waals surface area contributed by atoms with Crippen LogP contribution in [0.3, 0.4) is 0 Å². The topological polar surface area (TPSA) is 23.8 Å². The summed E-state index contributed by atoms with van der Waals surface area (Å²) >= 11 is 0. The van der Waals surface area contributed by atoms with Gasteiger partial charge < -0.3 is 0 Å². The summed E-state index contributed by atoms with van der Waals surface area (Å²) in [7, 11) is 0. The molecule has 0 aromatic rings. The van der Waals surface area contributed by atoms with Gasteiger partial charge in [0.15, 0.2) is 0 Å². The lowest BCUT2D eigenvalue weighted by atomic mass is 10.00. The first kappa shape index (κ1) is 6.67. The van der Waals surface area contributed by atoms with Crippen LogP contribution in [-0.4, -0.2) is 0 Å². The Morgan fingerprint density at radius 3 is 3.09 bits per heavy atom. The molecule has 0 radical (unpaired) electrons. The molecule has 0 N–H and O–H groups in total. The van der Waals surface area contributed by atoms with E-state index in [2.05, 4.69) is 24.3 Å². The molecule has 0 saturated heterocycles. The molecule has 2 rings (SSSR count). The quantitative estimate of drug-likeness (QED) is 0.520. The fourth-order valence-electron chi connectivity index (χ4n) is 2.07. The smallest absolute Gasteiger partial charge is 0.0663 e. The molecule has 2 aliphatic rings. The Kier molecular flexibility index (Phi) is 1.54. The minimum atomic E-state index is 0.590. The molecule has 0 spiro atoms. The van der Waals surface area contributed by atoms with E-state index in [1.165, 1.54) is 18.4 Å². The van der Waals surface area contributed by atoms with Crippen molar-refractivity contribution in [1.29, 1.82) is 5.26 Å². The van der Waals surface area contributed by atoms with Crippen molar-refractivity contribution in [3.63, 3.8) is 0 Å². The van der Waals surface area contributed by atoms with Crippen LogP contribution in [-0.2, 0) is 0 Å². The third kappa shape index (κ3) is 1.09. The lowest BCUT2D eigenvalue weighted by molar-refractivity contribution is 0.693. The summed E-state index contributed by atoms with van der Waals surface area (Å²) in [6.45, 7) is 0. The summed E-state index contributed by atoms with van der Waals surface area (Å²) in [4.78, 5) is 0. The molecule has 0 aromatic heterocycles. The van der Waals surface area contributed by atoms with E-state index < -0.39 is 0 Å². The summed E-state index contributed by atoms with van der Waals surface area (Å²) in [5.74, 6) is 1.48. The third-order valence-electron chi connectivity index (χ3n) is 2.60. The summed E-state index contributed by atoms with van der Waals surface area (Å²) < 4.78 is 0. The van der Waals surface area contributed by atoms with E-state index in [-0.39, 0.29) is 0 Å². The number of rotatable bonds is 1. The maximum Gasteiger partial charge on any atom is 0.0663 e. The SMILES string of the molecule is N#CC/C=C1/CC2C=CC1C2. The van der Waals surface area contributed by atoms with Crippen LogP contribution in [0.4, 0.5) is 0 Å². The largest absolute Gasteiger partial charge is 0.198 e. The van der Waals surface area contributed by atoms with Gasteiger partial charge in [0.25, 0.3) is 0 Å². The van der Waals surface area contributed by atoms with Crippen molar-refractivity contribution in [3.05, 3.63) is 23.8 Å². The molecule has 2 unspecified atom stereocenters. The van der Waals surface area contributed by atoms with Gasteiger partial charge in [-0.2, -0.15) is 5.26 Å². The van der Waals surface area contributed by atoms with Crippen molar-refractivity contribution in [3.8, 4) is 6.07 Å². The highest BCUT2D eigenvalue weighted by atomic mass is 14.3. The number of allylic oxidation sites excluding steroid dienone is 4. The zero-order valence-corrected chi connectivity index (χ0v) is 6.46. The van der Waals surface area contributed by atoms with Gasteiger partial charge >= 0.3 is 0 Å². The monoisotopic (exact) mass is 145 g/mol. The molecule has 0 heterocycles. The Labute approximate surface area is 67.0 Å². The highest BCUT2D eigenvalue weighted by molar-refractivity contribution is 5.27. The van der Waals surface area contributed by atoms with E-state index in [4.69, 9.17) is 5.26 Å². The number of hydrogen-bond donors (Lipinski definition) is 0. The Bertz CT molecular complexity index is 255. The van der Waals surface area contributed by atoms with Crippen LogP contribution in [0.5, 0.6) is 0 Å².